The number of carbonyl (C=O) groups is 3. The van der Waals surface area contributed by atoms with Crippen molar-refractivity contribution in [1.29, 1.82) is 0 Å². The summed E-state index contributed by atoms with van der Waals surface area (Å²) in [5.41, 5.74) is 4.95. The number of furan rings is 1. The van der Waals surface area contributed by atoms with Crippen LogP contribution in [-0.4, -0.2) is 57.1 Å². The van der Waals surface area contributed by atoms with Crippen LogP contribution < -0.4 is 20.2 Å². The number of para-hydroxylation sites is 1. The number of ether oxygens (including phenoxy) is 1. The highest BCUT2D eigenvalue weighted by Gasteiger charge is 2.39. The Labute approximate surface area is 247 Å². The predicted octanol–water partition coefficient (Wildman–Crippen LogP) is 3.88. The van der Waals surface area contributed by atoms with Crippen LogP contribution in [0.15, 0.2) is 51.6 Å². The van der Waals surface area contributed by atoms with Gasteiger partial charge < -0.3 is 14.3 Å². The molecule has 0 aliphatic carbocycles. The van der Waals surface area contributed by atoms with Crippen molar-refractivity contribution in [2.75, 3.05) is 28.7 Å². The Morgan fingerprint density at radius 3 is 2.34 bits per heavy atom. The number of rotatable bonds is 13. The van der Waals surface area contributed by atoms with E-state index in [0.29, 0.717) is 13.0 Å². The zero-order chi connectivity index (χ0) is 30.2. The summed E-state index contributed by atoms with van der Waals surface area (Å²) in [6, 6.07) is 10.8. The zero-order valence-corrected chi connectivity index (χ0v) is 25.4. The molecule has 1 unspecified atom stereocenters. The van der Waals surface area contributed by atoms with Gasteiger partial charge in [0.1, 0.15) is 0 Å². The quantitative estimate of drug-likeness (QED) is 0.271. The van der Waals surface area contributed by atoms with Gasteiger partial charge in [0.15, 0.2) is 11.0 Å². The molecule has 3 atom stereocenters. The second-order valence-electron chi connectivity index (χ2n) is 10.0. The number of hydrazine groups is 1. The van der Waals surface area contributed by atoms with E-state index in [-0.39, 0.29) is 28.6 Å². The van der Waals surface area contributed by atoms with E-state index in [1.165, 1.54) is 24.3 Å². The van der Waals surface area contributed by atoms with Crippen LogP contribution in [0.3, 0.4) is 0 Å². The lowest BCUT2D eigenvalue weighted by atomic mass is 9.83. The third-order valence-corrected chi connectivity index (χ3v) is 7.67. The fraction of sp³-hybridized carbons (Fsp3) is 0.500. The minimum Gasteiger partial charge on any atom is -0.465 e. The number of hydroxylamine groups is 1. The normalized spacial score (nSPS) is 17.0. The number of carbonyl (C=O) groups excluding carboxylic acids is 2. The number of nitrogens with one attached hydrogen (secondary N) is 2. The topological polar surface area (TPSA) is 168 Å². The van der Waals surface area contributed by atoms with E-state index in [1.807, 2.05) is 13.8 Å². The molecular weight excluding hydrogens is 624 g/mol. The fourth-order valence-corrected chi connectivity index (χ4v) is 5.41. The zero-order valence-electron chi connectivity index (χ0n) is 23.0. The van der Waals surface area contributed by atoms with Crippen molar-refractivity contribution in [1.82, 2.24) is 10.9 Å². The van der Waals surface area contributed by atoms with E-state index in [4.69, 9.17) is 14.0 Å². The first kappa shape index (κ1) is 32.4. The van der Waals surface area contributed by atoms with Gasteiger partial charge in [-0.3, -0.25) is 15.0 Å². The molecule has 3 amide bonds. The van der Waals surface area contributed by atoms with E-state index in [9.17, 15) is 27.9 Å². The molecule has 0 saturated carbocycles. The lowest BCUT2D eigenvalue weighted by Gasteiger charge is -2.32. The predicted molar refractivity (Wildman–Crippen MR) is 153 cm³/mol. The van der Waals surface area contributed by atoms with Gasteiger partial charge in [-0.25, -0.2) is 28.4 Å². The summed E-state index contributed by atoms with van der Waals surface area (Å²) < 4.78 is 37.2. The first-order valence-corrected chi connectivity index (χ1v) is 15.7. The molecule has 2 aromatic rings. The Kier molecular flexibility index (Phi) is 11.6. The highest BCUT2D eigenvalue weighted by Crippen LogP contribution is 2.29. The van der Waals surface area contributed by atoms with Crippen LogP contribution in [0.25, 0.3) is 0 Å². The summed E-state index contributed by atoms with van der Waals surface area (Å²) in [4.78, 5) is 45.9. The summed E-state index contributed by atoms with van der Waals surface area (Å²) in [5, 5.41) is 9.98. The number of halogens is 1. The molecule has 3 N–H and O–H groups in total. The van der Waals surface area contributed by atoms with E-state index in [1.54, 1.807) is 18.2 Å². The molecule has 226 valence electrons. The number of nitrogens with zero attached hydrogens (tertiary/aromatic N) is 2. The van der Waals surface area contributed by atoms with Crippen LogP contribution >= 0.6 is 15.9 Å². The van der Waals surface area contributed by atoms with Crippen molar-refractivity contribution in [2.45, 2.75) is 45.8 Å². The number of hydrogen-bond acceptors (Lipinski definition) is 8. The SMILES string of the molecule is CC(C)C[C@@H](C(=O)NN(c1ccccc1)S(C)(=O)=O)[C@H](CN(C(=O)O)c1ccc(Br)o1)C(=O)NOC1CCCCO1. The summed E-state index contributed by atoms with van der Waals surface area (Å²) >= 11 is 3.14. The van der Waals surface area contributed by atoms with Crippen molar-refractivity contribution < 1.29 is 41.9 Å². The monoisotopic (exact) mass is 658 g/mol. The molecule has 1 aliphatic heterocycles. The molecule has 0 bridgehead atoms. The minimum atomic E-state index is -3.99. The Morgan fingerprint density at radius 2 is 1.80 bits per heavy atom. The first-order chi connectivity index (χ1) is 19.4. The molecule has 0 radical (unpaired) electrons. The van der Waals surface area contributed by atoms with Crippen LogP contribution in [0.5, 0.6) is 0 Å². The molecule has 1 aliphatic rings. The molecular formula is C26H35BrN4O9S. The Bertz CT molecular complexity index is 1280. The van der Waals surface area contributed by atoms with Gasteiger partial charge in [-0.05, 0) is 59.3 Å². The van der Waals surface area contributed by atoms with Crippen LogP contribution in [0.4, 0.5) is 16.4 Å². The van der Waals surface area contributed by atoms with Gasteiger partial charge in [0.2, 0.25) is 27.7 Å². The number of benzene rings is 1. The van der Waals surface area contributed by atoms with E-state index >= 15 is 0 Å². The average molecular weight is 660 g/mol. The number of carboxylic acid groups (broad SMARTS) is 1. The lowest BCUT2D eigenvalue weighted by molar-refractivity contribution is -0.202. The maximum atomic E-state index is 13.8. The van der Waals surface area contributed by atoms with Gasteiger partial charge in [0, 0.05) is 25.6 Å². The number of amides is 3. The van der Waals surface area contributed by atoms with Crippen molar-refractivity contribution in [2.24, 2.45) is 17.8 Å². The molecule has 41 heavy (non-hydrogen) atoms. The maximum Gasteiger partial charge on any atom is 0.414 e. The number of anilines is 2. The van der Waals surface area contributed by atoms with Gasteiger partial charge >= 0.3 is 6.09 Å². The smallest absolute Gasteiger partial charge is 0.414 e. The molecule has 1 aromatic carbocycles. The number of sulfonamides is 1. The van der Waals surface area contributed by atoms with Crippen molar-refractivity contribution in [3.63, 3.8) is 0 Å². The Morgan fingerprint density at radius 1 is 1.10 bits per heavy atom. The maximum absolute atomic E-state index is 13.8. The van der Waals surface area contributed by atoms with E-state index in [2.05, 4.69) is 26.8 Å². The highest BCUT2D eigenvalue weighted by molar-refractivity contribution is 9.10. The van der Waals surface area contributed by atoms with Crippen LogP contribution in [0.1, 0.15) is 39.5 Å². The molecule has 13 nitrogen and oxygen atoms in total. The largest absolute Gasteiger partial charge is 0.465 e. The van der Waals surface area contributed by atoms with Crippen LogP contribution in [0, 0.1) is 17.8 Å². The van der Waals surface area contributed by atoms with Gasteiger partial charge in [-0.15, -0.1) is 0 Å². The summed E-state index contributed by atoms with van der Waals surface area (Å²) in [6.45, 7) is 3.62. The molecule has 2 heterocycles. The number of hydrogen-bond donors (Lipinski definition) is 3. The molecule has 1 saturated heterocycles. The molecule has 15 heteroatoms. The van der Waals surface area contributed by atoms with Crippen LogP contribution in [-0.2, 0) is 29.2 Å². The third-order valence-electron chi connectivity index (χ3n) is 6.28. The second-order valence-corrected chi connectivity index (χ2v) is 12.6. The van der Waals surface area contributed by atoms with Gasteiger partial charge in [0.25, 0.3) is 0 Å². The highest BCUT2D eigenvalue weighted by atomic mass is 79.9. The van der Waals surface area contributed by atoms with E-state index in [0.717, 1.165) is 28.4 Å². The summed E-state index contributed by atoms with van der Waals surface area (Å²) in [6.07, 6.45) is 1.17. The lowest BCUT2D eigenvalue weighted by Crippen LogP contribution is -2.53. The summed E-state index contributed by atoms with van der Waals surface area (Å²) in [5.74, 6) is -4.29. The van der Waals surface area contributed by atoms with E-state index < -0.39 is 52.6 Å². The van der Waals surface area contributed by atoms with Crippen molar-refractivity contribution in [3.8, 4) is 0 Å². The third kappa shape index (κ3) is 9.45. The molecule has 1 fully saturated rings. The summed E-state index contributed by atoms with van der Waals surface area (Å²) in [7, 11) is -3.99. The Balaban J connectivity index is 1.96. The molecule has 3 rings (SSSR count). The fourth-order valence-electron chi connectivity index (χ4n) is 4.35. The van der Waals surface area contributed by atoms with Gasteiger partial charge in [-0.2, -0.15) is 4.41 Å². The van der Waals surface area contributed by atoms with Crippen molar-refractivity contribution >= 4 is 55.4 Å². The van der Waals surface area contributed by atoms with Crippen LogP contribution in [0.2, 0.25) is 0 Å². The molecule has 0 spiro atoms. The first-order valence-electron chi connectivity index (χ1n) is 13.1. The molecule has 1 aromatic heterocycles. The van der Waals surface area contributed by atoms with Gasteiger partial charge in [0.05, 0.1) is 23.8 Å². The minimum absolute atomic E-state index is 0.0792. The van der Waals surface area contributed by atoms with Gasteiger partial charge in [-0.1, -0.05) is 32.0 Å². The second kappa shape index (κ2) is 14.7. The standard InChI is InChI=1S/C26H35BrN4O9S/c1-17(2)15-19(24(32)28-31(41(3,36)37)18-9-5-4-6-10-18)20(25(33)29-40-23-11-7-8-14-38-23)16-30(26(34)35)22-13-12-21(27)39-22/h4-6,9-10,12-13,17,19-20,23H,7-8,11,14-16H2,1-3H3,(H,28,32)(H,29,33)(H,34,35)/t19-,20+,23?/m1/s1. The Hall–Kier alpha value is -3.14. The van der Waals surface area contributed by atoms with Crippen molar-refractivity contribution in [3.05, 3.63) is 47.1 Å². The average Bonchev–Trinajstić information content (AvgIpc) is 3.35.